The fourth-order valence-corrected chi connectivity index (χ4v) is 6.46. The molecule has 0 unspecified atom stereocenters. The lowest BCUT2D eigenvalue weighted by molar-refractivity contribution is -0.200. The maximum atomic E-state index is 13.3. The molecular formula is C35H43F3N4O7. The molecule has 0 saturated carbocycles. The first-order valence-corrected chi connectivity index (χ1v) is 16.3. The van der Waals surface area contributed by atoms with E-state index >= 15 is 0 Å². The molecule has 2 saturated heterocycles. The SMILES string of the molecule is CC(C)(C)OC(=O)N(CCc1cccc(CN2CCC3(CC2)CN(C(=O)C(F)(F)F)CCO3)c1)C[C@H](O)c1ccc(O)c2[nH]c(=O)ccc12. The van der Waals surface area contributed by atoms with Crippen LogP contribution in [0, 0.1) is 0 Å². The van der Waals surface area contributed by atoms with E-state index < -0.39 is 41.0 Å². The number of amides is 2. The standard InChI is InChI=1S/C35H43F3N4O7/c1-33(2,3)49-32(47)41(21-28(44)25-7-9-27(43)30-26(25)8-10-29(45)39-30)14-11-23-5-4-6-24(19-23)20-40-15-12-34(13-16-40)22-42(17-18-48-34)31(46)35(36,37)38/h4-10,19,28,43-44H,11-18,20-22H2,1-3H3,(H,39,45)/t28-/m0/s1. The van der Waals surface area contributed by atoms with Gasteiger partial charge in [0.05, 0.1) is 36.9 Å². The van der Waals surface area contributed by atoms with Crippen molar-refractivity contribution in [3.8, 4) is 5.75 Å². The van der Waals surface area contributed by atoms with Crippen molar-refractivity contribution >= 4 is 22.9 Å². The summed E-state index contributed by atoms with van der Waals surface area (Å²) in [4.78, 5) is 44.1. The molecule has 1 spiro atoms. The lowest BCUT2D eigenvalue weighted by Gasteiger charge is -2.47. The Bertz CT molecular complexity index is 1710. The Balaban J connectivity index is 1.22. The molecule has 49 heavy (non-hydrogen) atoms. The van der Waals surface area contributed by atoms with Gasteiger partial charge in [-0.3, -0.25) is 14.5 Å². The number of phenols is 1. The highest BCUT2D eigenvalue weighted by molar-refractivity contribution is 5.87. The van der Waals surface area contributed by atoms with E-state index in [4.69, 9.17) is 9.47 Å². The van der Waals surface area contributed by atoms with Crippen molar-refractivity contribution in [2.75, 3.05) is 45.9 Å². The molecule has 0 bridgehead atoms. The number of nitrogens with one attached hydrogen (secondary N) is 1. The number of carbonyl (C=O) groups excluding carboxylic acids is 2. The number of H-pyrrole nitrogens is 1. The Kier molecular flexibility index (Phi) is 10.6. The van der Waals surface area contributed by atoms with Crippen molar-refractivity contribution in [2.45, 2.75) is 70.1 Å². The number of aliphatic hydroxyl groups excluding tert-OH is 1. The second kappa shape index (κ2) is 14.4. The number of aliphatic hydroxyl groups is 1. The van der Waals surface area contributed by atoms with Crippen molar-refractivity contribution in [2.24, 2.45) is 0 Å². The molecule has 0 radical (unpaired) electrons. The molecule has 5 rings (SSSR count). The van der Waals surface area contributed by atoms with Gasteiger partial charge in [-0.1, -0.05) is 30.3 Å². The number of morpholine rings is 1. The molecule has 3 heterocycles. The number of phenolic OH excluding ortho intramolecular Hbond substituents is 1. The van der Waals surface area contributed by atoms with Crippen molar-refractivity contribution in [1.29, 1.82) is 0 Å². The van der Waals surface area contributed by atoms with Crippen molar-refractivity contribution in [1.82, 2.24) is 19.7 Å². The number of rotatable bonds is 8. The van der Waals surface area contributed by atoms with Gasteiger partial charge in [0, 0.05) is 44.2 Å². The van der Waals surface area contributed by atoms with Crippen molar-refractivity contribution < 1.29 is 42.4 Å². The zero-order valence-corrected chi connectivity index (χ0v) is 27.9. The molecule has 14 heteroatoms. The number of halogens is 3. The molecular weight excluding hydrogens is 645 g/mol. The quantitative estimate of drug-likeness (QED) is 0.315. The van der Waals surface area contributed by atoms with E-state index in [2.05, 4.69) is 9.88 Å². The summed E-state index contributed by atoms with van der Waals surface area (Å²) in [5.41, 5.74) is 0.658. The molecule has 11 nitrogen and oxygen atoms in total. The van der Waals surface area contributed by atoms with Crippen molar-refractivity contribution in [3.05, 3.63) is 75.6 Å². The highest BCUT2D eigenvalue weighted by Gasteiger charge is 2.48. The molecule has 3 aromatic rings. The number of nitrogens with zero attached hydrogens (tertiary/aromatic N) is 3. The second-order valence-corrected chi connectivity index (χ2v) is 13.8. The van der Waals surface area contributed by atoms with Crippen LogP contribution in [0.4, 0.5) is 18.0 Å². The van der Waals surface area contributed by atoms with Crippen LogP contribution in [0.1, 0.15) is 56.4 Å². The zero-order valence-electron chi connectivity index (χ0n) is 27.9. The van der Waals surface area contributed by atoms with E-state index in [1.54, 1.807) is 26.8 Å². The molecule has 2 fully saturated rings. The Morgan fingerprint density at radius 1 is 1.06 bits per heavy atom. The van der Waals surface area contributed by atoms with Crippen molar-refractivity contribution in [3.63, 3.8) is 0 Å². The molecule has 266 valence electrons. The van der Waals surface area contributed by atoms with Gasteiger partial charge in [0.2, 0.25) is 5.56 Å². The number of likely N-dealkylation sites (tertiary alicyclic amines) is 1. The minimum atomic E-state index is -4.90. The molecule has 2 aromatic carbocycles. The van der Waals surface area contributed by atoms with Crippen LogP contribution in [0.2, 0.25) is 0 Å². The maximum absolute atomic E-state index is 13.3. The van der Waals surface area contributed by atoms with Crippen LogP contribution in [0.15, 0.2) is 53.3 Å². The van der Waals surface area contributed by atoms with E-state index in [0.717, 1.165) is 16.0 Å². The summed E-state index contributed by atoms with van der Waals surface area (Å²) in [6.45, 7) is 7.15. The van der Waals surface area contributed by atoms with Gasteiger partial charge in [-0.05, 0) is 68.9 Å². The number of alkyl halides is 3. The average molecular weight is 689 g/mol. The van der Waals surface area contributed by atoms with Gasteiger partial charge < -0.3 is 34.5 Å². The number of pyridine rings is 1. The largest absolute Gasteiger partial charge is 0.506 e. The molecule has 3 N–H and O–H groups in total. The minimum absolute atomic E-state index is 0.0694. The number of fused-ring (bicyclic) bond motifs is 1. The third-order valence-corrected chi connectivity index (χ3v) is 8.92. The number of carbonyl (C=O) groups is 2. The number of aromatic amines is 1. The lowest BCUT2D eigenvalue weighted by Crippen LogP contribution is -2.59. The summed E-state index contributed by atoms with van der Waals surface area (Å²) < 4.78 is 50.7. The summed E-state index contributed by atoms with van der Waals surface area (Å²) in [6.07, 6.45) is -5.17. The molecule has 0 aliphatic carbocycles. The number of aromatic nitrogens is 1. The molecule has 2 aliphatic heterocycles. The van der Waals surface area contributed by atoms with E-state index in [1.165, 1.54) is 23.1 Å². The van der Waals surface area contributed by atoms with Gasteiger partial charge in [0.15, 0.2) is 0 Å². The molecule has 1 aromatic heterocycles. The lowest BCUT2D eigenvalue weighted by atomic mass is 9.89. The van der Waals surface area contributed by atoms with Gasteiger partial charge in [-0.15, -0.1) is 0 Å². The van der Waals surface area contributed by atoms with E-state index in [-0.39, 0.29) is 44.1 Å². The maximum Gasteiger partial charge on any atom is 0.471 e. The predicted molar refractivity (Wildman–Crippen MR) is 175 cm³/mol. The van der Waals surface area contributed by atoms with Gasteiger partial charge in [-0.2, -0.15) is 13.2 Å². The molecule has 2 aliphatic rings. The van der Waals surface area contributed by atoms with Crippen LogP contribution in [0.3, 0.4) is 0 Å². The topological polar surface area (TPSA) is 136 Å². The summed E-state index contributed by atoms with van der Waals surface area (Å²) in [7, 11) is 0. The Morgan fingerprint density at radius 2 is 1.78 bits per heavy atom. The highest BCUT2D eigenvalue weighted by atomic mass is 19.4. The normalized spacial score (nSPS) is 17.7. The second-order valence-electron chi connectivity index (χ2n) is 13.8. The van der Waals surface area contributed by atoms with E-state index in [0.29, 0.717) is 49.8 Å². The van der Waals surface area contributed by atoms with Gasteiger partial charge >= 0.3 is 18.2 Å². The molecule has 1 atom stereocenters. The monoisotopic (exact) mass is 688 g/mol. The fourth-order valence-electron chi connectivity index (χ4n) is 6.46. The smallest absolute Gasteiger partial charge is 0.471 e. The Morgan fingerprint density at radius 3 is 2.47 bits per heavy atom. The number of ether oxygens (including phenoxy) is 2. The minimum Gasteiger partial charge on any atom is -0.506 e. The number of aromatic hydroxyl groups is 1. The van der Waals surface area contributed by atoms with Crippen LogP contribution in [-0.2, 0) is 27.2 Å². The summed E-state index contributed by atoms with van der Waals surface area (Å²) in [6, 6.07) is 13.7. The fraction of sp³-hybridized carbons (Fsp3) is 0.514. The first-order valence-electron chi connectivity index (χ1n) is 16.3. The van der Waals surface area contributed by atoms with Crippen LogP contribution in [0.25, 0.3) is 10.9 Å². The van der Waals surface area contributed by atoms with E-state index in [1.807, 2.05) is 24.3 Å². The Labute approximate surface area is 282 Å². The Hall–Kier alpha value is -4.14. The molecule has 2 amide bonds. The number of benzene rings is 2. The van der Waals surface area contributed by atoms with Crippen LogP contribution in [-0.4, -0.2) is 105 Å². The highest BCUT2D eigenvalue weighted by Crippen LogP contribution is 2.33. The van der Waals surface area contributed by atoms with Gasteiger partial charge in [0.1, 0.15) is 11.4 Å². The summed E-state index contributed by atoms with van der Waals surface area (Å²) >= 11 is 0. The zero-order chi connectivity index (χ0) is 35.6. The van der Waals surface area contributed by atoms with Crippen LogP contribution >= 0.6 is 0 Å². The number of hydrogen-bond donors (Lipinski definition) is 3. The van der Waals surface area contributed by atoms with Gasteiger partial charge in [0.25, 0.3) is 0 Å². The first kappa shape index (κ1) is 36.1. The first-order chi connectivity index (χ1) is 23.0. The third kappa shape index (κ3) is 9.11. The average Bonchev–Trinajstić information content (AvgIpc) is 3.03. The van der Waals surface area contributed by atoms with Crippen LogP contribution < -0.4 is 5.56 Å². The third-order valence-electron chi connectivity index (χ3n) is 8.92. The predicted octanol–water partition coefficient (Wildman–Crippen LogP) is 4.50. The summed E-state index contributed by atoms with van der Waals surface area (Å²) in [5, 5.41) is 22.0. The van der Waals surface area contributed by atoms with Crippen LogP contribution in [0.5, 0.6) is 5.75 Å². The number of hydrogen-bond acceptors (Lipinski definition) is 8. The number of piperidine rings is 1. The van der Waals surface area contributed by atoms with Gasteiger partial charge in [-0.25, -0.2) is 4.79 Å². The summed E-state index contributed by atoms with van der Waals surface area (Å²) in [5.74, 6) is -1.96. The van der Waals surface area contributed by atoms with E-state index in [9.17, 15) is 37.8 Å².